The number of nitrogens with one attached hydrogen (secondary N) is 1. The first-order chi connectivity index (χ1) is 9.67. The molecule has 1 aliphatic carbocycles. The summed E-state index contributed by atoms with van der Waals surface area (Å²) in [6.45, 7) is 19.3. The summed E-state index contributed by atoms with van der Waals surface area (Å²) in [7, 11) is 0. The van der Waals surface area contributed by atoms with Crippen LogP contribution in [0.15, 0.2) is 0 Å². The Bertz CT molecular complexity index is 347. The summed E-state index contributed by atoms with van der Waals surface area (Å²) < 4.78 is 6.43. The van der Waals surface area contributed by atoms with E-state index in [2.05, 4.69) is 58.7 Å². The SMILES string of the molecule is CCNC1C(CN(CC2CC2)C(C)C)C(C)(C)OC1(C)C. The maximum atomic E-state index is 6.43. The molecule has 0 aromatic heterocycles. The second-order valence-electron chi connectivity index (χ2n) is 8.44. The van der Waals surface area contributed by atoms with E-state index in [-0.39, 0.29) is 11.2 Å². The number of nitrogens with zero attached hydrogens (tertiary/aromatic N) is 1. The topological polar surface area (TPSA) is 24.5 Å². The fraction of sp³-hybridized carbons (Fsp3) is 1.00. The van der Waals surface area contributed by atoms with Gasteiger partial charge in [-0.3, -0.25) is 0 Å². The average Bonchev–Trinajstić information content (AvgIpc) is 3.10. The third kappa shape index (κ3) is 4.00. The minimum absolute atomic E-state index is 0.0625. The van der Waals surface area contributed by atoms with Crippen molar-refractivity contribution in [1.82, 2.24) is 10.2 Å². The molecule has 0 spiro atoms. The molecule has 2 fully saturated rings. The van der Waals surface area contributed by atoms with Gasteiger partial charge in [0.05, 0.1) is 11.2 Å². The lowest BCUT2D eigenvalue weighted by Gasteiger charge is -2.36. The van der Waals surface area contributed by atoms with Gasteiger partial charge >= 0.3 is 0 Å². The molecule has 2 atom stereocenters. The molecule has 3 heteroatoms. The van der Waals surface area contributed by atoms with Gasteiger partial charge in [-0.25, -0.2) is 0 Å². The number of likely N-dealkylation sites (N-methyl/N-ethyl adjacent to an activating group) is 1. The van der Waals surface area contributed by atoms with Crippen LogP contribution in [0.25, 0.3) is 0 Å². The van der Waals surface area contributed by atoms with Crippen molar-refractivity contribution in [1.29, 1.82) is 0 Å². The van der Waals surface area contributed by atoms with E-state index in [4.69, 9.17) is 4.74 Å². The molecular weight excluding hydrogens is 260 g/mol. The number of ether oxygens (including phenoxy) is 1. The van der Waals surface area contributed by atoms with Gasteiger partial charge in [-0.05, 0) is 66.8 Å². The number of hydrogen-bond acceptors (Lipinski definition) is 3. The molecule has 1 heterocycles. The lowest BCUT2D eigenvalue weighted by molar-refractivity contribution is -0.0801. The van der Waals surface area contributed by atoms with E-state index in [9.17, 15) is 0 Å². The van der Waals surface area contributed by atoms with Crippen LogP contribution in [0.4, 0.5) is 0 Å². The molecule has 124 valence electrons. The fourth-order valence-electron chi connectivity index (χ4n) is 4.02. The summed E-state index contributed by atoms with van der Waals surface area (Å²) in [5.41, 5.74) is -0.153. The van der Waals surface area contributed by atoms with E-state index in [1.165, 1.54) is 19.4 Å². The van der Waals surface area contributed by atoms with Gasteiger partial charge in [0.15, 0.2) is 0 Å². The molecule has 2 rings (SSSR count). The summed E-state index contributed by atoms with van der Waals surface area (Å²) >= 11 is 0. The first kappa shape index (κ1) is 17.2. The van der Waals surface area contributed by atoms with Crippen LogP contribution in [-0.2, 0) is 4.74 Å². The Hall–Kier alpha value is -0.120. The smallest absolute Gasteiger partial charge is 0.0790 e. The van der Waals surface area contributed by atoms with Crippen molar-refractivity contribution in [2.45, 2.75) is 84.6 Å². The van der Waals surface area contributed by atoms with Gasteiger partial charge in [0, 0.05) is 31.1 Å². The fourth-order valence-corrected chi connectivity index (χ4v) is 4.02. The summed E-state index contributed by atoms with van der Waals surface area (Å²) in [5.74, 6) is 1.48. The Morgan fingerprint density at radius 3 is 2.19 bits per heavy atom. The molecular formula is C18H36N2O. The zero-order valence-electron chi connectivity index (χ0n) is 15.2. The van der Waals surface area contributed by atoms with E-state index in [1.807, 2.05) is 0 Å². The highest BCUT2D eigenvalue weighted by Crippen LogP contribution is 2.43. The molecule has 1 saturated carbocycles. The van der Waals surface area contributed by atoms with Crippen LogP contribution in [0.1, 0.15) is 61.3 Å². The van der Waals surface area contributed by atoms with Crippen molar-refractivity contribution in [2.75, 3.05) is 19.6 Å². The van der Waals surface area contributed by atoms with E-state index in [1.54, 1.807) is 0 Å². The second kappa shape index (κ2) is 6.17. The Kier molecular flexibility index (Phi) is 5.07. The second-order valence-corrected chi connectivity index (χ2v) is 8.44. The summed E-state index contributed by atoms with van der Waals surface area (Å²) in [4.78, 5) is 2.68. The van der Waals surface area contributed by atoms with Crippen molar-refractivity contribution in [3.63, 3.8) is 0 Å². The average molecular weight is 296 g/mol. The largest absolute Gasteiger partial charge is 0.368 e. The lowest BCUT2D eigenvalue weighted by atomic mass is 9.81. The summed E-state index contributed by atoms with van der Waals surface area (Å²) in [6, 6.07) is 1.05. The van der Waals surface area contributed by atoms with Crippen LogP contribution in [-0.4, -0.2) is 47.8 Å². The molecule has 2 aliphatic rings. The van der Waals surface area contributed by atoms with Gasteiger partial charge in [-0.1, -0.05) is 6.92 Å². The highest BCUT2D eigenvalue weighted by molar-refractivity contribution is 5.06. The van der Waals surface area contributed by atoms with Crippen molar-refractivity contribution in [3.8, 4) is 0 Å². The minimum Gasteiger partial charge on any atom is -0.368 e. The maximum Gasteiger partial charge on any atom is 0.0790 e. The molecule has 0 amide bonds. The number of hydrogen-bond donors (Lipinski definition) is 1. The van der Waals surface area contributed by atoms with Crippen LogP contribution >= 0.6 is 0 Å². The highest BCUT2D eigenvalue weighted by Gasteiger charge is 2.53. The van der Waals surface area contributed by atoms with E-state index in [0.29, 0.717) is 18.0 Å². The molecule has 0 aromatic carbocycles. The minimum atomic E-state index is -0.0909. The van der Waals surface area contributed by atoms with Gasteiger partial charge in [-0.2, -0.15) is 0 Å². The maximum absolute atomic E-state index is 6.43. The van der Waals surface area contributed by atoms with E-state index >= 15 is 0 Å². The van der Waals surface area contributed by atoms with Crippen molar-refractivity contribution >= 4 is 0 Å². The van der Waals surface area contributed by atoms with E-state index < -0.39 is 0 Å². The monoisotopic (exact) mass is 296 g/mol. The lowest BCUT2D eigenvalue weighted by Crippen LogP contribution is -2.52. The molecule has 1 aliphatic heterocycles. The molecule has 3 nitrogen and oxygen atoms in total. The Morgan fingerprint density at radius 1 is 1.10 bits per heavy atom. The molecule has 1 N–H and O–H groups in total. The zero-order chi connectivity index (χ0) is 15.8. The molecule has 2 unspecified atom stereocenters. The van der Waals surface area contributed by atoms with Gasteiger partial charge < -0.3 is 15.0 Å². The predicted molar refractivity (Wildman–Crippen MR) is 89.6 cm³/mol. The molecule has 0 aromatic rings. The number of rotatable bonds is 7. The van der Waals surface area contributed by atoms with Crippen LogP contribution < -0.4 is 5.32 Å². The Labute approximate surface area is 131 Å². The molecule has 0 radical (unpaired) electrons. The highest BCUT2D eigenvalue weighted by atomic mass is 16.5. The standard InChI is InChI=1S/C18H36N2O/c1-8-19-16-15(17(4,5)21-18(16,6)7)12-20(13(2)3)11-14-9-10-14/h13-16,19H,8-12H2,1-7H3. The van der Waals surface area contributed by atoms with Crippen molar-refractivity contribution in [3.05, 3.63) is 0 Å². The quantitative estimate of drug-likeness (QED) is 0.780. The normalized spacial score (nSPS) is 31.3. The molecule has 1 saturated heterocycles. The first-order valence-electron chi connectivity index (χ1n) is 8.85. The van der Waals surface area contributed by atoms with E-state index in [0.717, 1.165) is 19.0 Å². The molecule has 21 heavy (non-hydrogen) atoms. The third-order valence-electron chi connectivity index (χ3n) is 5.35. The molecule has 0 bridgehead atoms. The first-order valence-corrected chi connectivity index (χ1v) is 8.85. The van der Waals surface area contributed by atoms with Gasteiger partial charge in [0.25, 0.3) is 0 Å². The van der Waals surface area contributed by atoms with Crippen LogP contribution in [0.2, 0.25) is 0 Å². The van der Waals surface area contributed by atoms with Crippen LogP contribution in [0.5, 0.6) is 0 Å². The third-order valence-corrected chi connectivity index (χ3v) is 5.35. The Morgan fingerprint density at radius 2 is 1.71 bits per heavy atom. The summed E-state index contributed by atoms with van der Waals surface area (Å²) in [5, 5.41) is 3.70. The predicted octanol–water partition coefficient (Wildman–Crippen LogP) is 3.29. The van der Waals surface area contributed by atoms with Crippen molar-refractivity contribution < 1.29 is 4.74 Å². The van der Waals surface area contributed by atoms with Gasteiger partial charge in [0.2, 0.25) is 0 Å². The van der Waals surface area contributed by atoms with Crippen molar-refractivity contribution in [2.24, 2.45) is 11.8 Å². The van der Waals surface area contributed by atoms with Crippen LogP contribution in [0.3, 0.4) is 0 Å². The Balaban J connectivity index is 2.12. The summed E-state index contributed by atoms with van der Waals surface area (Å²) in [6.07, 6.45) is 2.85. The zero-order valence-corrected chi connectivity index (χ0v) is 15.2. The van der Waals surface area contributed by atoms with Gasteiger partial charge in [-0.15, -0.1) is 0 Å². The van der Waals surface area contributed by atoms with Crippen LogP contribution in [0, 0.1) is 11.8 Å². The van der Waals surface area contributed by atoms with Gasteiger partial charge in [0.1, 0.15) is 0 Å².